The molecule has 0 fully saturated rings. The van der Waals surface area contributed by atoms with Gasteiger partial charge in [-0.2, -0.15) is 0 Å². The number of carbonyl (C=O) groups is 1. The Balaban J connectivity index is 2.16. The molecule has 0 saturated carbocycles. The van der Waals surface area contributed by atoms with Crippen molar-refractivity contribution in [1.82, 2.24) is 20.3 Å². The van der Waals surface area contributed by atoms with E-state index in [4.69, 9.17) is 0 Å². The molecule has 0 aromatic carbocycles. The van der Waals surface area contributed by atoms with E-state index >= 15 is 0 Å². The highest BCUT2D eigenvalue weighted by molar-refractivity contribution is 7.09. The fraction of sp³-hybridized carbons (Fsp3) is 0.333. The maximum absolute atomic E-state index is 12.0. The lowest BCUT2D eigenvalue weighted by molar-refractivity contribution is 0.0906. The molecular weight excluding hydrogens is 248 g/mol. The van der Waals surface area contributed by atoms with Crippen LogP contribution in [0.15, 0.2) is 24.0 Å². The number of amides is 1. The molecular formula is C12H14N4OS. The van der Waals surface area contributed by atoms with Crippen LogP contribution in [0.2, 0.25) is 0 Å². The number of hydrogen-bond acceptors (Lipinski definition) is 5. The first-order chi connectivity index (χ1) is 8.49. The van der Waals surface area contributed by atoms with Gasteiger partial charge in [0.1, 0.15) is 10.7 Å². The maximum Gasteiger partial charge on any atom is 0.272 e. The quantitative estimate of drug-likeness (QED) is 0.917. The van der Waals surface area contributed by atoms with Crippen LogP contribution in [0, 0.1) is 6.92 Å². The molecule has 1 N–H and O–H groups in total. The van der Waals surface area contributed by atoms with Crippen molar-refractivity contribution in [3.63, 3.8) is 0 Å². The van der Waals surface area contributed by atoms with Gasteiger partial charge >= 0.3 is 0 Å². The Morgan fingerprint density at radius 1 is 1.39 bits per heavy atom. The van der Waals surface area contributed by atoms with Gasteiger partial charge in [0.05, 0.1) is 11.7 Å². The Labute approximate surface area is 109 Å². The van der Waals surface area contributed by atoms with Gasteiger partial charge in [-0.25, -0.2) is 9.97 Å². The topological polar surface area (TPSA) is 67.8 Å². The molecule has 1 amide bonds. The average molecular weight is 262 g/mol. The summed E-state index contributed by atoms with van der Waals surface area (Å²) < 4.78 is 0. The smallest absolute Gasteiger partial charge is 0.272 e. The highest BCUT2D eigenvalue weighted by atomic mass is 32.1. The lowest BCUT2D eigenvalue weighted by Gasteiger charge is -2.23. The van der Waals surface area contributed by atoms with Gasteiger partial charge in [0.2, 0.25) is 0 Å². The summed E-state index contributed by atoms with van der Waals surface area (Å²) in [6.07, 6.45) is 4.47. The van der Waals surface area contributed by atoms with Gasteiger partial charge in [-0.3, -0.25) is 9.78 Å². The second kappa shape index (κ2) is 4.81. The van der Waals surface area contributed by atoms with Crippen molar-refractivity contribution >= 4 is 17.2 Å². The molecule has 0 aliphatic carbocycles. The van der Waals surface area contributed by atoms with Gasteiger partial charge in [-0.15, -0.1) is 11.3 Å². The molecule has 18 heavy (non-hydrogen) atoms. The molecule has 0 aliphatic heterocycles. The molecule has 0 atom stereocenters. The Bertz CT molecular complexity index is 550. The molecule has 5 nitrogen and oxygen atoms in total. The predicted molar refractivity (Wildman–Crippen MR) is 69.4 cm³/mol. The van der Waals surface area contributed by atoms with Crippen LogP contribution in [0.5, 0.6) is 0 Å². The first-order valence-corrected chi connectivity index (χ1v) is 6.38. The van der Waals surface area contributed by atoms with Crippen molar-refractivity contribution < 1.29 is 4.79 Å². The second-order valence-corrected chi connectivity index (χ2v) is 5.32. The summed E-state index contributed by atoms with van der Waals surface area (Å²) in [4.78, 5) is 24.2. The molecule has 0 saturated heterocycles. The van der Waals surface area contributed by atoms with Crippen molar-refractivity contribution in [3.05, 3.63) is 40.4 Å². The first-order valence-electron chi connectivity index (χ1n) is 5.50. The minimum Gasteiger partial charge on any atom is -0.339 e. The number of nitrogens with one attached hydrogen (secondary N) is 1. The fourth-order valence-electron chi connectivity index (χ4n) is 1.46. The number of hydrogen-bond donors (Lipinski definition) is 1. The largest absolute Gasteiger partial charge is 0.339 e. The van der Waals surface area contributed by atoms with Crippen LogP contribution in [0.4, 0.5) is 0 Å². The van der Waals surface area contributed by atoms with Gasteiger partial charge < -0.3 is 5.32 Å². The summed E-state index contributed by atoms with van der Waals surface area (Å²) in [5.41, 5.74) is 0.740. The van der Waals surface area contributed by atoms with Crippen molar-refractivity contribution in [3.8, 4) is 0 Å². The van der Waals surface area contributed by atoms with E-state index in [1.165, 1.54) is 29.9 Å². The van der Waals surface area contributed by atoms with Crippen LogP contribution >= 0.6 is 11.3 Å². The number of aromatic nitrogens is 3. The first kappa shape index (κ1) is 12.6. The number of nitrogens with zero attached hydrogens (tertiary/aromatic N) is 3. The fourth-order valence-corrected chi connectivity index (χ4v) is 2.34. The number of carbonyl (C=O) groups excluding carboxylic acids is 1. The van der Waals surface area contributed by atoms with E-state index in [1.807, 2.05) is 26.2 Å². The minimum atomic E-state index is -0.520. The highest BCUT2D eigenvalue weighted by Gasteiger charge is 2.26. The molecule has 94 valence electrons. The maximum atomic E-state index is 12.0. The lowest BCUT2D eigenvalue weighted by Crippen LogP contribution is -2.41. The Kier molecular flexibility index (Phi) is 3.38. The summed E-state index contributed by atoms with van der Waals surface area (Å²) in [5.74, 6) is -0.249. The van der Waals surface area contributed by atoms with E-state index in [9.17, 15) is 4.79 Å². The number of rotatable bonds is 3. The molecule has 2 aromatic heterocycles. The average Bonchev–Trinajstić information content (AvgIpc) is 2.77. The van der Waals surface area contributed by atoms with Crippen LogP contribution in [-0.4, -0.2) is 20.9 Å². The third-order valence-corrected chi connectivity index (χ3v) is 3.66. The second-order valence-electron chi connectivity index (χ2n) is 4.46. The van der Waals surface area contributed by atoms with Gasteiger partial charge in [0, 0.05) is 23.5 Å². The van der Waals surface area contributed by atoms with E-state index in [0.717, 1.165) is 10.7 Å². The van der Waals surface area contributed by atoms with Crippen molar-refractivity contribution in [2.75, 3.05) is 0 Å². The lowest BCUT2D eigenvalue weighted by atomic mass is 10.1. The molecule has 2 heterocycles. The van der Waals surface area contributed by atoms with Crippen LogP contribution in [-0.2, 0) is 5.54 Å². The van der Waals surface area contributed by atoms with Crippen LogP contribution in [0.3, 0.4) is 0 Å². The summed E-state index contributed by atoms with van der Waals surface area (Å²) >= 11 is 1.53. The third-order valence-electron chi connectivity index (χ3n) is 2.38. The number of thiazole rings is 1. The van der Waals surface area contributed by atoms with E-state index in [0.29, 0.717) is 5.69 Å². The number of aryl methyl sites for hydroxylation is 1. The van der Waals surface area contributed by atoms with Crippen LogP contribution < -0.4 is 5.32 Å². The van der Waals surface area contributed by atoms with Gasteiger partial charge in [0.15, 0.2) is 0 Å². The van der Waals surface area contributed by atoms with Crippen molar-refractivity contribution in [2.24, 2.45) is 0 Å². The molecule has 2 rings (SSSR count). The third kappa shape index (κ3) is 2.70. The Hall–Kier alpha value is -1.82. The normalized spacial score (nSPS) is 11.3. The predicted octanol–water partition coefficient (Wildman–Crippen LogP) is 1.91. The van der Waals surface area contributed by atoms with Gasteiger partial charge in [-0.1, -0.05) is 0 Å². The summed E-state index contributed by atoms with van der Waals surface area (Å²) in [7, 11) is 0. The van der Waals surface area contributed by atoms with Crippen LogP contribution in [0.1, 0.15) is 35.0 Å². The van der Waals surface area contributed by atoms with Crippen LogP contribution in [0.25, 0.3) is 0 Å². The molecule has 2 aromatic rings. The zero-order valence-corrected chi connectivity index (χ0v) is 11.3. The Morgan fingerprint density at radius 3 is 2.72 bits per heavy atom. The molecule has 0 unspecified atom stereocenters. The molecule has 0 aliphatic rings. The Morgan fingerprint density at radius 2 is 2.17 bits per heavy atom. The van der Waals surface area contributed by atoms with Gasteiger partial charge in [-0.05, 0) is 20.8 Å². The van der Waals surface area contributed by atoms with Crippen molar-refractivity contribution in [2.45, 2.75) is 26.3 Å². The molecule has 0 spiro atoms. The van der Waals surface area contributed by atoms with Crippen molar-refractivity contribution in [1.29, 1.82) is 0 Å². The minimum absolute atomic E-state index is 0.249. The van der Waals surface area contributed by atoms with E-state index in [2.05, 4.69) is 20.3 Å². The molecule has 0 bridgehead atoms. The summed E-state index contributed by atoms with van der Waals surface area (Å²) in [6.45, 7) is 5.76. The molecule has 0 radical (unpaired) electrons. The van der Waals surface area contributed by atoms with Gasteiger partial charge in [0.25, 0.3) is 5.91 Å². The highest BCUT2D eigenvalue weighted by Crippen LogP contribution is 2.23. The molecule has 6 heteroatoms. The van der Waals surface area contributed by atoms with E-state index in [1.54, 1.807) is 0 Å². The monoisotopic (exact) mass is 262 g/mol. The summed E-state index contributed by atoms with van der Waals surface area (Å²) in [6, 6.07) is 0. The zero-order valence-electron chi connectivity index (χ0n) is 10.5. The zero-order chi connectivity index (χ0) is 13.2. The SMILES string of the molecule is Cc1csc(C(C)(C)NC(=O)c2cnccn2)n1. The van der Waals surface area contributed by atoms with E-state index in [-0.39, 0.29) is 5.91 Å². The summed E-state index contributed by atoms with van der Waals surface area (Å²) in [5, 5.41) is 5.74. The standard InChI is InChI=1S/C12H14N4OS/c1-8-7-18-11(15-8)12(2,3)16-10(17)9-6-13-4-5-14-9/h4-7H,1-3H3,(H,16,17). The van der Waals surface area contributed by atoms with E-state index < -0.39 is 5.54 Å².